The summed E-state index contributed by atoms with van der Waals surface area (Å²) >= 11 is 0. The van der Waals surface area contributed by atoms with E-state index in [4.69, 9.17) is 19.4 Å². The minimum Gasteiger partial charge on any atom is -0.455 e. The highest BCUT2D eigenvalue weighted by atomic mass is 16.3. The smallest absolute Gasteiger partial charge is 0.240 e. The van der Waals surface area contributed by atoms with Gasteiger partial charge in [-0.15, -0.1) is 0 Å². The van der Waals surface area contributed by atoms with Gasteiger partial charge in [0.15, 0.2) is 5.82 Å². The van der Waals surface area contributed by atoms with E-state index in [1.807, 2.05) is 12.1 Å². The molecule has 6 nitrogen and oxygen atoms in total. The van der Waals surface area contributed by atoms with Crippen LogP contribution in [0.2, 0.25) is 0 Å². The van der Waals surface area contributed by atoms with Crippen LogP contribution in [0.5, 0.6) is 0 Å². The SMILES string of the molecule is c1ccc(-c2ccc3c4ccccc4n(-c4nc(-c5ccccc5-c5cccc6c5oc5ccccc56)nc(-n5c6ccccc6c6ccc(-c7ccccc7)cc65)n4)c3c2)cc1. The molecule has 0 radical (unpaired) electrons. The van der Waals surface area contributed by atoms with Crippen LogP contribution in [-0.2, 0) is 0 Å². The molecule has 0 bridgehead atoms. The third-order valence-electron chi connectivity index (χ3n) is 12.4. The Kier molecular flexibility index (Phi) is 7.80. The van der Waals surface area contributed by atoms with Gasteiger partial charge in [0, 0.05) is 43.4 Å². The van der Waals surface area contributed by atoms with Crippen molar-refractivity contribution in [2.45, 2.75) is 0 Å². The van der Waals surface area contributed by atoms with Gasteiger partial charge in [-0.1, -0.05) is 182 Å². The Hall–Kier alpha value is -8.61. The topological polar surface area (TPSA) is 61.7 Å². The Labute approximate surface area is 361 Å². The molecular formula is C57H35N5O. The van der Waals surface area contributed by atoms with Crippen LogP contribution in [0.15, 0.2) is 217 Å². The first kappa shape index (κ1) is 35.2. The fraction of sp³-hybridized carbons (Fsp3) is 0. The summed E-state index contributed by atoms with van der Waals surface area (Å²) in [5, 5.41) is 6.63. The highest BCUT2D eigenvalue weighted by Gasteiger charge is 2.23. The molecule has 0 fully saturated rings. The lowest BCUT2D eigenvalue weighted by molar-refractivity contribution is 0.670. The lowest BCUT2D eigenvalue weighted by Gasteiger charge is -2.15. The zero-order chi connectivity index (χ0) is 41.4. The predicted octanol–water partition coefficient (Wildman–Crippen LogP) is 14.6. The maximum absolute atomic E-state index is 6.62. The number of aromatic nitrogens is 5. The van der Waals surface area contributed by atoms with E-state index in [2.05, 4.69) is 209 Å². The van der Waals surface area contributed by atoms with Gasteiger partial charge < -0.3 is 4.42 Å². The van der Waals surface area contributed by atoms with Crippen molar-refractivity contribution in [1.82, 2.24) is 24.1 Å². The lowest BCUT2D eigenvalue weighted by atomic mass is 9.97. The van der Waals surface area contributed by atoms with Gasteiger partial charge >= 0.3 is 0 Å². The average molecular weight is 806 g/mol. The van der Waals surface area contributed by atoms with E-state index in [0.29, 0.717) is 17.7 Å². The molecule has 0 aliphatic rings. The van der Waals surface area contributed by atoms with Gasteiger partial charge in [-0.05, 0) is 58.1 Å². The van der Waals surface area contributed by atoms with Gasteiger partial charge in [-0.25, -0.2) is 0 Å². The lowest BCUT2D eigenvalue weighted by Crippen LogP contribution is -2.10. The molecule has 4 heterocycles. The van der Waals surface area contributed by atoms with Crippen molar-refractivity contribution in [3.8, 4) is 56.7 Å². The molecule has 0 unspecified atom stereocenters. The number of benzene rings is 9. The first-order valence-corrected chi connectivity index (χ1v) is 21.2. The maximum atomic E-state index is 6.62. The number of hydrogen-bond acceptors (Lipinski definition) is 4. The van der Waals surface area contributed by atoms with Crippen LogP contribution in [0.25, 0.3) is 122 Å². The zero-order valence-electron chi connectivity index (χ0n) is 33.9. The van der Waals surface area contributed by atoms with E-state index >= 15 is 0 Å². The van der Waals surface area contributed by atoms with Gasteiger partial charge in [0.05, 0.1) is 22.1 Å². The second kappa shape index (κ2) is 14.0. The third-order valence-corrected chi connectivity index (χ3v) is 12.4. The van der Waals surface area contributed by atoms with Crippen molar-refractivity contribution < 1.29 is 4.42 Å². The number of furan rings is 1. The molecule has 4 aromatic heterocycles. The van der Waals surface area contributed by atoms with E-state index in [-0.39, 0.29) is 0 Å². The number of para-hydroxylation sites is 4. The van der Waals surface area contributed by atoms with Crippen molar-refractivity contribution >= 4 is 65.6 Å². The summed E-state index contributed by atoms with van der Waals surface area (Å²) in [6.45, 7) is 0. The molecule has 6 heteroatoms. The van der Waals surface area contributed by atoms with Gasteiger partial charge in [0.25, 0.3) is 0 Å². The minimum absolute atomic E-state index is 0.522. The first-order valence-electron chi connectivity index (χ1n) is 21.2. The molecule has 0 spiro atoms. The summed E-state index contributed by atoms with van der Waals surface area (Å²) in [5.41, 5.74) is 13.0. The second-order valence-corrected chi connectivity index (χ2v) is 16.0. The number of hydrogen-bond donors (Lipinski definition) is 0. The standard InChI is InChI=1S/C57H35N5O/c1-3-16-36(17-4-1)38-30-32-43-41-21-9-12-27-49(41)61(51(43)34-38)56-58-55(48-24-8-7-20-40(48)46-25-15-26-47-45-23-11-14-29-53(45)63-54(46)47)59-57(60-56)62-50-28-13-10-22-42(50)44-33-31-39(35-52(44)62)37-18-5-2-6-19-37/h1-35H. The predicted molar refractivity (Wildman–Crippen MR) is 258 cm³/mol. The largest absolute Gasteiger partial charge is 0.455 e. The Balaban J connectivity index is 1.13. The molecule has 63 heavy (non-hydrogen) atoms. The summed E-state index contributed by atoms with van der Waals surface area (Å²) < 4.78 is 11.0. The molecule has 0 N–H and O–H groups in total. The Morgan fingerprint density at radius 3 is 1.37 bits per heavy atom. The second-order valence-electron chi connectivity index (χ2n) is 16.0. The fourth-order valence-electron chi connectivity index (χ4n) is 9.54. The van der Waals surface area contributed by atoms with Crippen LogP contribution in [0, 0.1) is 0 Å². The van der Waals surface area contributed by atoms with E-state index < -0.39 is 0 Å². The van der Waals surface area contributed by atoms with Crippen LogP contribution >= 0.6 is 0 Å². The van der Waals surface area contributed by atoms with Crippen LogP contribution in [0.4, 0.5) is 0 Å². The van der Waals surface area contributed by atoms with Crippen LogP contribution in [0.1, 0.15) is 0 Å². The third kappa shape index (κ3) is 5.55. The summed E-state index contributed by atoms with van der Waals surface area (Å²) in [6, 6.07) is 74.4. The van der Waals surface area contributed by atoms with E-state index in [1.54, 1.807) is 0 Å². The number of rotatable bonds is 6. The molecule has 0 amide bonds. The van der Waals surface area contributed by atoms with E-state index in [9.17, 15) is 0 Å². The summed E-state index contributed by atoms with van der Waals surface area (Å²) in [4.78, 5) is 16.5. The van der Waals surface area contributed by atoms with Gasteiger partial charge in [-0.3, -0.25) is 9.13 Å². The molecule has 0 aliphatic heterocycles. The maximum Gasteiger partial charge on any atom is 0.240 e. The average Bonchev–Trinajstić information content (AvgIpc) is 4.02. The number of fused-ring (bicyclic) bond motifs is 9. The molecule has 13 rings (SSSR count). The quantitative estimate of drug-likeness (QED) is 0.168. The molecule has 0 atom stereocenters. The highest BCUT2D eigenvalue weighted by molar-refractivity contribution is 6.12. The highest BCUT2D eigenvalue weighted by Crippen LogP contribution is 2.41. The van der Waals surface area contributed by atoms with Crippen molar-refractivity contribution in [3.05, 3.63) is 212 Å². The van der Waals surface area contributed by atoms with Gasteiger partial charge in [0.2, 0.25) is 11.9 Å². The van der Waals surface area contributed by atoms with Gasteiger partial charge in [-0.2, -0.15) is 15.0 Å². The summed E-state index contributed by atoms with van der Waals surface area (Å²) in [6.07, 6.45) is 0. The first-order chi connectivity index (χ1) is 31.2. The normalized spacial score (nSPS) is 11.8. The molecule has 9 aromatic carbocycles. The van der Waals surface area contributed by atoms with Crippen LogP contribution in [-0.4, -0.2) is 24.1 Å². The Morgan fingerprint density at radius 1 is 0.302 bits per heavy atom. The summed E-state index contributed by atoms with van der Waals surface area (Å²) in [7, 11) is 0. The minimum atomic E-state index is 0.522. The van der Waals surface area contributed by atoms with E-state index in [0.717, 1.165) is 104 Å². The van der Waals surface area contributed by atoms with Gasteiger partial charge in [0.1, 0.15) is 11.2 Å². The van der Waals surface area contributed by atoms with Crippen molar-refractivity contribution in [1.29, 1.82) is 0 Å². The van der Waals surface area contributed by atoms with Crippen molar-refractivity contribution in [2.24, 2.45) is 0 Å². The zero-order valence-corrected chi connectivity index (χ0v) is 33.9. The molecule has 0 saturated heterocycles. The fourth-order valence-corrected chi connectivity index (χ4v) is 9.54. The van der Waals surface area contributed by atoms with Crippen molar-refractivity contribution in [3.63, 3.8) is 0 Å². The Morgan fingerprint density at radius 2 is 0.762 bits per heavy atom. The molecular weight excluding hydrogens is 771 g/mol. The van der Waals surface area contributed by atoms with Crippen LogP contribution < -0.4 is 0 Å². The molecule has 13 aromatic rings. The van der Waals surface area contributed by atoms with Crippen molar-refractivity contribution in [2.75, 3.05) is 0 Å². The summed E-state index contributed by atoms with van der Waals surface area (Å²) in [5.74, 6) is 1.59. The molecule has 0 aliphatic carbocycles. The molecule has 294 valence electrons. The molecule has 0 saturated carbocycles. The monoisotopic (exact) mass is 805 g/mol. The number of nitrogens with zero attached hydrogens (tertiary/aromatic N) is 5. The Bertz CT molecular complexity index is 3740. The van der Waals surface area contributed by atoms with Crippen LogP contribution in [0.3, 0.4) is 0 Å². The van der Waals surface area contributed by atoms with E-state index in [1.165, 1.54) is 0 Å².